The fourth-order valence-corrected chi connectivity index (χ4v) is 5.27. The van der Waals surface area contributed by atoms with E-state index < -0.39 is 18.2 Å². The van der Waals surface area contributed by atoms with Crippen LogP contribution in [0.5, 0.6) is 0 Å². The molecular weight excluding hydrogens is 510 g/mol. The molecule has 4 rings (SSSR count). The van der Waals surface area contributed by atoms with Crippen LogP contribution in [0.1, 0.15) is 40.4 Å². The van der Waals surface area contributed by atoms with Crippen LogP contribution in [-0.4, -0.2) is 41.2 Å². The summed E-state index contributed by atoms with van der Waals surface area (Å²) in [6.07, 6.45) is -5.34. The zero-order valence-electron chi connectivity index (χ0n) is 18.2. The molecule has 1 N–H and O–H groups in total. The van der Waals surface area contributed by atoms with Crippen LogP contribution in [0.15, 0.2) is 46.5 Å². The number of hydrogen-bond donors (Lipinski definition) is 1. The number of aliphatic imine (C=N–C) groups is 1. The maximum Gasteiger partial charge on any atom is 0.435 e. The van der Waals surface area contributed by atoms with E-state index in [1.165, 1.54) is 18.2 Å². The second-order valence-corrected chi connectivity index (χ2v) is 10.5. The van der Waals surface area contributed by atoms with Gasteiger partial charge in [-0.3, -0.25) is 9.79 Å². The van der Waals surface area contributed by atoms with Gasteiger partial charge in [-0.15, -0.1) is 11.8 Å². The van der Waals surface area contributed by atoms with Gasteiger partial charge in [0.15, 0.2) is 0 Å². The molecule has 0 fully saturated rings. The molecule has 0 bridgehead atoms. The number of oxime groups is 1. The van der Waals surface area contributed by atoms with Crippen molar-refractivity contribution in [2.75, 3.05) is 13.1 Å². The molecular formula is C23H20Cl2F3N3O2S. The number of carbonyl (C=O) groups is 1. The number of benzene rings is 2. The Bertz CT molecular complexity index is 1180. The summed E-state index contributed by atoms with van der Waals surface area (Å²) in [5, 5.41) is 7.99. The molecule has 5 nitrogen and oxygen atoms in total. The van der Waals surface area contributed by atoms with Crippen molar-refractivity contribution in [3.63, 3.8) is 0 Å². The lowest BCUT2D eigenvalue weighted by Gasteiger charge is -2.29. The lowest BCUT2D eigenvalue weighted by atomic mass is 9.86. The summed E-state index contributed by atoms with van der Waals surface area (Å²) in [5.74, 6) is -0.283. The summed E-state index contributed by atoms with van der Waals surface area (Å²) in [6, 6.07) is 8.44. The van der Waals surface area contributed by atoms with Crippen molar-refractivity contribution in [2.45, 2.75) is 37.3 Å². The highest BCUT2D eigenvalue weighted by molar-refractivity contribution is 8.14. The summed E-state index contributed by atoms with van der Waals surface area (Å²) < 4.78 is 42.6. The SMILES string of the molecule is Cc1cc(C2=NOC(c3cc(Cl)cc(Cl)c3)(C(F)(F)F)C2)ccc1C(=O)NCC1=NCC(C)S1. The Labute approximate surface area is 208 Å². The van der Waals surface area contributed by atoms with Gasteiger partial charge in [-0.25, -0.2) is 0 Å². The maximum absolute atomic E-state index is 14.2. The number of aryl methyl sites for hydroxylation is 1. The smallest absolute Gasteiger partial charge is 0.374 e. The number of hydrogen-bond acceptors (Lipinski definition) is 5. The normalized spacial score (nSPS) is 22.3. The predicted octanol–water partition coefficient (Wildman–Crippen LogP) is 6.15. The van der Waals surface area contributed by atoms with Crippen molar-refractivity contribution in [1.29, 1.82) is 0 Å². The van der Waals surface area contributed by atoms with Gasteiger partial charge < -0.3 is 10.2 Å². The number of carbonyl (C=O) groups excluding carboxylic acids is 1. The van der Waals surface area contributed by atoms with E-state index in [2.05, 4.69) is 22.4 Å². The summed E-state index contributed by atoms with van der Waals surface area (Å²) in [7, 11) is 0. The van der Waals surface area contributed by atoms with Gasteiger partial charge >= 0.3 is 6.18 Å². The minimum absolute atomic E-state index is 0.0609. The van der Waals surface area contributed by atoms with Crippen LogP contribution in [0, 0.1) is 6.92 Å². The van der Waals surface area contributed by atoms with Crippen molar-refractivity contribution in [1.82, 2.24) is 5.32 Å². The van der Waals surface area contributed by atoms with Crippen molar-refractivity contribution < 1.29 is 22.8 Å². The molecule has 2 unspecified atom stereocenters. The fraction of sp³-hybridized carbons (Fsp3) is 0.348. The highest BCUT2D eigenvalue weighted by Crippen LogP contribution is 2.49. The number of nitrogens with zero attached hydrogens (tertiary/aromatic N) is 2. The van der Waals surface area contributed by atoms with E-state index in [1.54, 1.807) is 36.9 Å². The number of thioether (sulfide) groups is 1. The predicted molar refractivity (Wildman–Crippen MR) is 129 cm³/mol. The van der Waals surface area contributed by atoms with Gasteiger partial charge in [-0.1, -0.05) is 41.3 Å². The van der Waals surface area contributed by atoms with E-state index in [4.69, 9.17) is 28.0 Å². The minimum atomic E-state index is -4.78. The molecule has 0 spiro atoms. The van der Waals surface area contributed by atoms with E-state index in [1.807, 2.05) is 0 Å². The first kappa shape index (κ1) is 24.9. The molecule has 11 heteroatoms. The molecule has 1 amide bonds. The molecule has 0 aliphatic carbocycles. The van der Waals surface area contributed by atoms with Gasteiger partial charge in [0.05, 0.1) is 23.8 Å². The third kappa shape index (κ3) is 4.92. The summed E-state index contributed by atoms with van der Waals surface area (Å²) in [4.78, 5) is 22.0. The van der Waals surface area contributed by atoms with Crippen LogP contribution in [0.25, 0.3) is 0 Å². The molecule has 2 aliphatic heterocycles. The maximum atomic E-state index is 14.2. The van der Waals surface area contributed by atoms with E-state index in [9.17, 15) is 18.0 Å². The zero-order valence-corrected chi connectivity index (χ0v) is 20.5. The number of halogens is 5. The molecule has 2 aromatic carbocycles. The Hall–Kier alpha value is -2.23. The monoisotopic (exact) mass is 529 g/mol. The molecule has 2 atom stereocenters. The van der Waals surface area contributed by atoms with Gasteiger partial charge in [0.2, 0.25) is 0 Å². The molecule has 180 valence electrons. The number of amides is 1. The van der Waals surface area contributed by atoms with E-state index in [0.29, 0.717) is 28.5 Å². The van der Waals surface area contributed by atoms with Crippen molar-refractivity contribution in [3.05, 3.63) is 68.7 Å². The van der Waals surface area contributed by atoms with Crippen molar-refractivity contribution in [3.8, 4) is 0 Å². The van der Waals surface area contributed by atoms with Gasteiger partial charge in [-0.05, 0) is 48.4 Å². The van der Waals surface area contributed by atoms with E-state index in [0.717, 1.165) is 11.6 Å². The van der Waals surface area contributed by atoms with Crippen molar-refractivity contribution in [2.24, 2.45) is 10.1 Å². The van der Waals surface area contributed by atoms with Gasteiger partial charge in [-0.2, -0.15) is 13.2 Å². The Morgan fingerprint density at radius 1 is 1.24 bits per heavy atom. The highest BCUT2D eigenvalue weighted by Gasteiger charge is 2.62. The molecule has 0 radical (unpaired) electrons. The standard InChI is InChI=1S/C23H20Cl2F3N3O2S/c1-12-5-14(3-4-18(12)21(32)30-11-20-29-10-13(2)34-20)19-9-22(33-31-19,23(26,27)28)15-6-16(24)8-17(25)7-15/h3-8,13H,9-11H2,1-2H3,(H,30,32). The highest BCUT2D eigenvalue weighted by atomic mass is 35.5. The Kier molecular flexibility index (Phi) is 6.90. The van der Waals surface area contributed by atoms with Crippen molar-refractivity contribution >= 4 is 51.6 Å². The largest absolute Gasteiger partial charge is 0.435 e. The Balaban J connectivity index is 1.53. The lowest BCUT2D eigenvalue weighted by molar-refractivity contribution is -0.275. The summed E-state index contributed by atoms with van der Waals surface area (Å²) >= 11 is 13.5. The van der Waals surface area contributed by atoms with Crippen LogP contribution in [0.3, 0.4) is 0 Å². The quantitative estimate of drug-likeness (QED) is 0.505. The fourth-order valence-electron chi connectivity index (χ4n) is 3.83. The van der Waals surface area contributed by atoms with Gasteiger partial charge in [0.25, 0.3) is 11.5 Å². The average Bonchev–Trinajstić information content (AvgIpc) is 3.38. The second-order valence-electron chi connectivity index (χ2n) is 8.16. The molecule has 2 aliphatic rings. The minimum Gasteiger partial charge on any atom is -0.374 e. The number of rotatable bonds is 5. The first-order chi connectivity index (χ1) is 16.0. The Morgan fingerprint density at radius 2 is 1.94 bits per heavy atom. The van der Waals surface area contributed by atoms with Gasteiger partial charge in [0, 0.05) is 32.8 Å². The van der Waals surface area contributed by atoms with Crippen LogP contribution in [-0.2, 0) is 10.4 Å². The summed E-state index contributed by atoms with van der Waals surface area (Å²) in [6.45, 7) is 4.85. The summed E-state index contributed by atoms with van der Waals surface area (Å²) in [5.41, 5.74) is -1.39. The third-order valence-corrected chi connectivity index (χ3v) is 7.11. The molecule has 0 saturated carbocycles. The average molecular weight is 530 g/mol. The number of alkyl halides is 3. The molecule has 0 saturated heterocycles. The lowest BCUT2D eigenvalue weighted by Crippen LogP contribution is -2.42. The Morgan fingerprint density at radius 3 is 2.53 bits per heavy atom. The zero-order chi connectivity index (χ0) is 24.7. The van der Waals surface area contributed by atoms with Crippen LogP contribution in [0.2, 0.25) is 10.0 Å². The first-order valence-electron chi connectivity index (χ1n) is 10.4. The van der Waals surface area contributed by atoms with E-state index in [-0.39, 0.29) is 27.2 Å². The topological polar surface area (TPSA) is 63.0 Å². The molecule has 2 aromatic rings. The first-order valence-corrected chi connectivity index (χ1v) is 12.0. The van der Waals surface area contributed by atoms with Gasteiger partial charge in [0.1, 0.15) is 0 Å². The number of nitrogens with one attached hydrogen (secondary N) is 1. The van der Waals surface area contributed by atoms with Crippen LogP contribution in [0.4, 0.5) is 13.2 Å². The molecule has 0 aromatic heterocycles. The van der Waals surface area contributed by atoms with Crippen LogP contribution >= 0.6 is 35.0 Å². The van der Waals surface area contributed by atoms with E-state index >= 15 is 0 Å². The van der Waals surface area contributed by atoms with Crippen LogP contribution < -0.4 is 5.32 Å². The second kappa shape index (κ2) is 9.43. The third-order valence-electron chi connectivity index (χ3n) is 5.58. The molecule has 2 heterocycles. The molecule has 34 heavy (non-hydrogen) atoms.